The van der Waals surface area contributed by atoms with E-state index in [2.05, 4.69) is 10.2 Å². The van der Waals surface area contributed by atoms with Crippen LogP contribution in [-0.2, 0) is 9.47 Å². The van der Waals surface area contributed by atoms with Gasteiger partial charge in [-0.1, -0.05) is 0 Å². The normalized spacial score (nSPS) is 10.8. The van der Waals surface area contributed by atoms with E-state index in [1.807, 2.05) is 0 Å². The van der Waals surface area contributed by atoms with Gasteiger partial charge >= 0.3 is 23.3 Å². The van der Waals surface area contributed by atoms with E-state index in [4.69, 9.17) is 9.47 Å². The number of esters is 2. The molecule has 0 amide bonds. The van der Waals surface area contributed by atoms with Crippen molar-refractivity contribution in [1.82, 2.24) is 19.6 Å². The molecule has 0 saturated heterocycles. The average Bonchev–Trinajstić information content (AvgIpc) is 3.37. The lowest BCUT2D eigenvalue weighted by Crippen LogP contribution is -2.13. The molecule has 14 nitrogen and oxygen atoms in total. The third kappa shape index (κ3) is 5.20. The van der Waals surface area contributed by atoms with Crippen LogP contribution < -0.4 is 0 Å². The van der Waals surface area contributed by atoms with E-state index >= 15 is 0 Å². The van der Waals surface area contributed by atoms with Crippen LogP contribution in [0.3, 0.4) is 0 Å². The smallest absolute Gasteiger partial charge is 0.341 e. The number of nitrogens with zero attached hydrogens (tertiary/aromatic N) is 6. The Labute approximate surface area is 220 Å². The van der Waals surface area contributed by atoms with Gasteiger partial charge in [0.2, 0.25) is 6.79 Å². The Kier molecular flexibility index (Phi) is 7.20. The SMILES string of the molecule is Cc1nn(-c2ccc(C(=O)OCOC(=O)c3ccc(-n4nc(C)c([N+](=O)[O-])c4C)cc3)cc2)c(C)c1[N+](=O)[O-]. The van der Waals surface area contributed by atoms with E-state index in [0.29, 0.717) is 22.8 Å². The van der Waals surface area contributed by atoms with Crippen LogP contribution in [0.5, 0.6) is 0 Å². The van der Waals surface area contributed by atoms with Crippen LogP contribution in [-0.4, -0.2) is 48.1 Å². The van der Waals surface area contributed by atoms with E-state index in [1.165, 1.54) is 47.5 Å². The highest BCUT2D eigenvalue weighted by Gasteiger charge is 2.24. The van der Waals surface area contributed by atoms with Crippen LogP contribution in [0, 0.1) is 47.9 Å². The maximum absolute atomic E-state index is 12.4. The molecule has 2 heterocycles. The van der Waals surface area contributed by atoms with E-state index < -0.39 is 28.6 Å². The molecule has 200 valence electrons. The topological polar surface area (TPSA) is 175 Å². The number of ether oxygens (including phenoxy) is 2. The van der Waals surface area contributed by atoms with Gasteiger partial charge in [0.15, 0.2) is 0 Å². The zero-order chi connectivity index (χ0) is 28.4. The number of carbonyl (C=O) groups excluding carboxylic acids is 2. The molecule has 0 aliphatic rings. The first-order valence-corrected chi connectivity index (χ1v) is 11.5. The molecule has 4 rings (SSSR count). The van der Waals surface area contributed by atoms with Crippen molar-refractivity contribution < 1.29 is 28.9 Å². The van der Waals surface area contributed by atoms with Crippen molar-refractivity contribution in [1.29, 1.82) is 0 Å². The van der Waals surface area contributed by atoms with E-state index in [-0.39, 0.29) is 33.9 Å². The second-order valence-electron chi connectivity index (χ2n) is 8.45. The molecule has 0 N–H and O–H groups in total. The Morgan fingerprint density at radius 3 is 1.31 bits per heavy atom. The van der Waals surface area contributed by atoms with Crippen molar-refractivity contribution in [3.05, 3.63) is 103 Å². The summed E-state index contributed by atoms with van der Waals surface area (Å²) in [7, 11) is 0. The predicted octanol–water partition coefficient (Wildman–Crippen LogP) is 4.08. The van der Waals surface area contributed by atoms with E-state index in [1.54, 1.807) is 38.1 Å². The Hall–Kier alpha value is -5.40. The van der Waals surface area contributed by atoms with Gasteiger partial charge in [0, 0.05) is 0 Å². The van der Waals surface area contributed by atoms with Crippen LogP contribution in [0.1, 0.15) is 43.5 Å². The molecular formula is C25H22N6O8. The molecule has 0 unspecified atom stereocenters. The Morgan fingerprint density at radius 2 is 1.03 bits per heavy atom. The summed E-state index contributed by atoms with van der Waals surface area (Å²) in [6, 6.07) is 12.1. The number of carbonyl (C=O) groups is 2. The highest BCUT2D eigenvalue weighted by molar-refractivity contribution is 5.91. The Balaban J connectivity index is 1.35. The van der Waals surface area contributed by atoms with Gasteiger partial charge in [0.05, 0.1) is 32.3 Å². The summed E-state index contributed by atoms with van der Waals surface area (Å²) in [5.74, 6) is -1.48. The van der Waals surface area contributed by atoms with Gasteiger partial charge in [0.25, 0.3) is 0 Å². The number of rotatable bonds is 8. The van der Waals surface area contributed by atoms with Crippen LogP contribution in [0.15, 0.2) is 48.5 Å². The van der Waals surface area contributed by atoms with Gasteiger partial charge in [-0.15, -0.1) is 0 Å². The van der Waals surface area contributed by atoms with Crippen molar-refractivity contribution in [3.63, 3.8) is 0 Å². The molecule has 39 heavy (non-hydrogen) atoms. The lowest BCUT2D eigenvalue weighted by atomic mass is 10.2. The Morgan fingerprint density at radius 1 is 0.692 bits per heavy atom. The highest BCUT2D eigenvalue weighted by Crippen LogP contribution is 2.26. The van der Waals surface area contributed by atoms with Gasteiger partial charge < -0.3 is 9.47 Å². The standard InChI is InChI=1S/C25H22N6O8/c1-14-22(30(34)35)16(3)28(26-14)20-9-5-18(6-10-20)24(32)38-13-39-25(33)19-7-11-21(12-8-19)29-17(4)23(31(36)37)15(2)27-29/h5-12H,13H2,1-4H3. The molecule has 0 fully saturated rings. The van der Waals surface area contributed by atoms with Crippen LogP contribution in [0.4, 0.5) is 11.4 Å². The number of hydrogen-bond donors (Lipinski definition) is 0. The third-order valence-corrected chi connectivity index (χ3v) is 5.95. The zero-order valence-corrected chi connectivity index (χ0v) is 21.3. The van der Waals surface area contributed by atoms with Gasteiger partial charge in [-0.3, -0.25) is 20.2 Å². The van der Waals surface area contributed by atoms with Crippen molar-refractivity contribution in [2.75, 3.05) is 6.79 Å². The molecule has 0 radical (unpaired) electrons. The molecule has 0 spiro atoms. The predicted molar refractivity (Wildman–Crippen MR) is 135 cm³/mol. The molecule has 0 saturated carbocycles. The molecule has 2 aromatic heterocycles. The lowest BCUT2D eigenvalue weighted by Gasteiger charge is -2.08. The van der Waals surface area contributed by atoms with Gasteiger partial charge in [0.1, 0.15) is 22.8 Å². The summed E-state index contributed by atoms with van der Waals surface area (Å²) >= 11 is 0. The first kappa shape index (κ1) is 26.7. The monoisotopic (exact) mass is 534 g/mol. The number of aromatic nitrogens is 4. The number of nitro groups is 2. The average molecular weight is 534 g/mol. The maximum Gasteiger partial charge on any atom is 0.341 e. The fourth-order valence-electron chi connectivity index (χ4n) is 4.08. The molecule has 0 bridgehead atoms. The van der Waals surface area contributed by atoms with Crippen molar-refractivity contribution >= 4 is 23.3 Å². The fourth-order valence-corrected chi connectivity index (χ4v) is 4.08. The van der Waals surface area contributed by atoms with Crippen molar-refractivity contribution in [3.8, 4) is 11.4 Å². The van der Waals surface area contributed by atoms with Crippen LogP contribution >= 0.6 is 0 Å². The van der Waals surface area contributed by atoms with E-state index in [9.17, 15) is 29.8 Å². The first-order chi connectivity index (χ1) is 18.5. The number of aryl methyl sites for hydroxylation is 2. The van der Waals surface area contributed by atoms with E-state index in [0.717, 1.165) is 0 Å². The largest absolute Gasteiger partial charge is 0.424 e. The zero-order valence-electron chi connectivity index (χ0n) is 21.3. The summed E-state index contributed by atoms with van der Waals surface area (Å²) in [4.78, 5) is 46.2. The van der Waals surface area contributed by atoms with Gasteiger partial charge in [-0.2, -0.15) is 10.2 Å². The molecule has 2 aromatic carbocycles. The van der Waals surface area contributed by atoms with Gasteiger partial charge in [-0.05, 0) is 76.2 Å². The summed E-state index contributed by atoms with van der Waals surface area (Å²) in [6.07, 6.45) is 0. The second kappa shape index (κ2) is 10.5. The molecule has 0 aliphatic heterocycles. The number of hydrogen-bond acceptors (Lipinski definition) is 10. The third-order valence-electron chi connectivity index (χ3n) is 5.95. The number of benzene rings is 2. The van der Waals surface area contributed by atoms with Crippen molar-refractivity contribution in [2.24, 2.45) is 0 Å². The summed E-state index contributed by atoms with van der Waals surface area (Å²) < 4.78 is 12.9. The fraction of sp³-hybridized carbons (Fsp3) is 0.200. The molecule has 4 aromatic rings. The second-order valence-corrected chi connectivity index (χ2v) is 8.45. The summed E-state index contributed by atoms with van der Waals surface area (Å²) in [6.45, 7) is 5.60. The minimum atomic E-state index is -0.741. The quantitative estimate of drug-likeness (QED) is 0.139. The molecule has 14 heteroatoms. The van der Waals surface area contributed by atoms with Crippen LogP contribution in [0.2, 0.25) is 0 Å². The van der Waals surface area contributed by atoms with Crippen LogP contribution in [0.25, 0.3) is 11.4 Å². The molecule has 0 aliphatic carbocycles. The van der Waals surface area contributed by atoms with Crippen molar-refractivity contribution in [2.45, 2.75) is 27.7 Å². The molecular weight excluding hydrogens is 512 g/mol. The maximum atomic E-state index is 12.4. The first-order valence-electron chi connectivity index (χ1n) is 11.5. The highest BCUT2D eigenvalue weighted by atomic mass is 16.7. The van der Waals surface area contributed by atoms with Gasteiger partial charge in [-0.25, -0.2) is 19.0 Å². The summed E-state index contributed by atoms with van der Waals surface area (Å²) in [5.41, 5.74) is 2.48. The lowest BCUT2D eigenvalue weighted by molar-refractivity contribution is -0.386. The Bertz CT molecular complexity index is 1480. The summed E-state index contributed by atoms with van der Waals surface area (Å²) in [5, 5.41) is 30.8. The minimum Gasteiger partial charge on any atom is -0.424 e. The minimum absolute atomic E-state index is 0.0782. The molecule has 0 atom stereocenters.